The summed E-state index contributed by atoms with van der Waals surface area (Å²) in [5, 5.41) is 0. The molecule has 0 aliphatic carbocycles. The molecule has 0 aliphatic rings. The van der Waals surface area contributed by atoms with Crippen LogP contribution in [0.25, 0.3) is 0 Å². The number of hydrogen-bond donors (Lipinski definition) is 0. The van der Waals surface area contributed by atoms with Gasteiger partial charge in [0.15, 0.2) is 6.29 Å². The molecule has 1 aromatic heterocycles. The van der Waals surface area contributed by atoms with E-state index in [0.29, 0.717) is 18.4 Å². The quantitative estimate of drug-likeness (QED) is 0.566. The molecule has 0 saturated carbocycles. The monoisotopic (exact) mass is 221 g/mol. The zero-order chi connectivity index (χ0) is 12.1. The van der Waals surface area contributed by atoms with Gasteiger partial charge in [0, 0.05) is 12.2 Å². The molecule has 16 heavy (non-hydrogen) atoms. The molecule has 1 rings (SSSR count). The predicted octanol–water partition coefficient (Wildman–Crippen LogP) is 2.47. The highest BCUT2D eigenvalue weighted by Gasteiger charge is 2.08. The Kier molecular flexibility index (Phi) is 4.47. The Hall–Kier alpha value is -1.38. The second-order valence-electron chi connectivity index (χ2n) is 4.16. The number of unbranched alkanes of at least 4 members (excludes halogenated alkanes) is 2. The Labute approximate surface area is 96.1 Å². The van der Waals surface area contributed by atoms with E-state index in [9.17, 15) is 9.59 Å². The molecule has 0 atom stereocenters. The Bertz CT molecular complexity index is 432. The zero-order valence-electron chi connectivity index (χ0n) is 10.2. The second kappa shape index (κ2) is 5.64. The number of nitrogens with zero attached hydrogens (tertiary/aromatic N) is 1. The van der Waals surface area contributed by atoms with Gasteiger partial charge in [-0.15, -0.1) is 0 Å². The van der Waals surface area contributed by atoms with Crippen molar-refractivity contribution >= 4 is 6.29 Å². The van der Waals surface area contributed by atoms with Crippen LogP contribution >= 0.6 is 0 Å². The Morgan fingerprint density at radius 3 is 2.56 bits per heavy atom. The molecule has 0 radical (unpaired) electrons. The average Bonchev–Trinajstić information content (AvgIpc) is 2.23. The minimum absolute atomic E-state index is 0.149. The van der Waals surface area contributed by atoms with Crippen LogP contribution in [0.4, 0.5) is 0 Å². The molecule has 0 spiro atoms. The summed E-state index contributed by atoms with van der Waals surface area (Å²) in [6.45, 7) is 6.55. The minimum Gasteiger partial charge on any atom is -0.312 e. The Morgan fingerprint density at radius 2 is 2.00 bits per heavy atom. The van der Waals surface area contributed by atoms with E-state index in [1.165, 1.54) is 0 Å². The van der Waals surface area contributed by atoms with Gasteiger partial charge in [-0.05, 0) is 31.9 Å². The fraction of sp³-hybridized carbons (Fsp3) is 0.538. The molecule has 88 valence electrons. The SMILES string of the molecule is CCCCCn1c(C)cc(C)c(C=O)c1=O. The van der Waals surface area contributed by atoms with Gasteiger partial charge in [-0.25, -0.2) is 0 Å². The van der Waals surface area contributed by atoms with Crippen molar-refractivity contribution in [1.29, 1.82) is 0 Å². The molecule has 0 bridgehead atoms. The highest BCUT2D eigenvalue weighted by atomic mass is 16.1. The van der Waals surface area contributed by atoms with Gasteiger partial charge >= 0.3 is 0 Å². The number of pyridine rings is 1. The second-order valence-corrected chi connectivity index (χ2v) is 4.16. The summed E-state index contributed by atoms with van der Waals surface area (Å²) in [7, 11) is 0. The fourth-order valence-corrected chi connectivity index (χ4v) is 1.88. The number of aryl methyl sites for hydroxylation is 2. The average molecular weight is 221 g/mol. The first kappa shape index (κ1) is 12.7. The Morgan fingerprint density at radius 1 is 1.31 bits per heavy atom. The summed E-state index contributed by atoms with van der Waals surface area (Å²) in [6, 6.07) is 1.90. The number of hydrogen-bond acceptors (Lipinski definition) is 2. The van der Waals surface area contributed by atoms with Crippen LogP contribution < -0.4 is 5.56 Å². The van der Waals surface area contributed by atoms with Gasteiger partial charge in [-0.3, -0.25) is 9.59 Å². The van der Waals surface area contributed by atoms with Gasteiger partial charge < -0.3 is 4.57 Å². The number of aromatic nitrogens is 1. The molecule has 0 aliphatic heterocycles. The molecule has 0 aromatic carbocycles. The highest BCUT2D eigenvalue weighted by molar-refractivity contribution is 5.76. The largest absolute Gasteiger partial charge is 0.312 e. The lowest BCUT2D eigenvalue weighted by Crippen LogP contribution is -2.26. The third kappa shape index (κ3) is 2.60. The Balaban J connectivity index is 3.08. The van der Waals surface area contributed by atoms with E-state index in [1.807, 2.05) is 13.0 Å². The van der Waals surface area contributed by atoms with Gasteiger partial charge in [0.1, 0.15) is 0 Å². The summed E-state index contributed by atoms with van der Waals surface area (Å²) in [6.07, 6.45) is 3.88. The normalized spacial score (nSPS) is 10.4. The summed E-state index contributed by atoms with van der Waals surface area (Å²) >= 11 is 0. The van der Waals surface area contributed by atoms with Crippen LogP contribution in [-0.2, 0) is 6.54 Å². The topological polar surface area (TPSA) is 39.1 Å². The van der Waals surface area contributed by atoms with Gasteiger partial charge in [-0.1, -0.05) is 19.8 Å². The molecule has 0 N–H and O–H groups in total. The van der Waals surface area contributed by atoms with Crippen LogP contribution in [0.5, 0.6) is 0 Å². The molecule has 0 amide bonds. The van der Waals surface area contributed by atoms with E-state index < -0.39 is 0 Å². The lowest BCUT2D eigenvalue weighted by molar-refractivity contribution is 0.112. The molecule has 0 fully saturated rings. The van der Waals surface area contributed by atoms with Crippen LogP contribution in [0.2, 0.25) is 0 Å². The van der Waals surface area contributed by atoms with Crippen LogP contribution in [0.1, 0.15) is 47.8 Å². The van der Waals surface area contributed by atoms with E-state index in [0.717, 1.165) is 30.5 Å². The molecule has 0 saturated heterocycles. The van der Waals surface area contributed by atoms with Gasteiger partial charge in [0.25, 0.3) is 5.56 Å². The third-order valence-corrected chi connectivity index (χ3v) is 2.85. The number of rotatable bonds is 5. The highest BCUT2D eigenvalue weighted by Crippen LogP contribution is 2.06. The summed E-state index contributed by atoms with van der Waals surface area (Å²) in [5.74, 6) is 0. The number of carbonyl (C=O) groups excluding carboxylic acids is 1. The molecule has 1 aromatic rings. The smallest absolute Gasteiger partial charge is 0.261 e. The molecule has 3 nitrogen and oxygen atoms in total. The number of aldehydes is 1. The van der Waals surface area contributed by atoms with E-state index >= 15 is 0 Å². The summed E-state index contributed by atoms with van der Waals surface area (Å²) in [4.78, 5) is 22.8. The van der Waals surface area contributed by atoms with E-state index in [4.69, 9.17) is 0 Å². The summed E-state index contributed by atoms with van der Waals surface area (Å²) in [5.41, 5.74) is 1.85. The van der Waals surface area contributed by atoms with Crippen molar-refractivity contribution in [2.75, 3.05) is 0 Å². The fourth-order valence-electron chi connectivity index (χ4n) is 1.88. The van der Waals surface area contributed by atoms with Crippen molar-refractivity contribution in [2.45, 2.75) is 46.6 Å². The molecule has 3 heteroatoms. The minimum atomic E-state index is -0.149. The number of carbonyl (C=O) groups is 1. The summed E-state index contributed by atoms with van der Waals surface area (Å²) < 4.78 is 1.70. The zero-order valence-corrected chi connectivity index (χ0v) is 10.2. The van der Waals surface area contributed by atoms with Crippen molar-refractivity contribution in [3.63, 3.8) is 0 Å². The van der Waals surface area contributed by atoms with Crippen molar-refractivity contribution in [3.05, 3.63) is 33.2 Å². The van der Waals surface area contributed by atoms with Crippen molar-refractivity contribution in [3.8, 4) is 0 Å². The van der Waals surface area contributed by atoms with E-state index in [1.54, 1.807) is 11.5 Å². The van der Waals surface area contributed by atoms with Crippen LogP contribution in [-0.4, -0.2) is 10.9 Å². The van der Waals surface area contributed by atoms with Gasteiger partial charge in [0.05, 0.1) is 5.56 Å². The van der Waals surface area contributed by atoms with Crippen LogP contribution in [0.15, 0.2) is 10.9 Å². The standard InChI is InChI=1S/C13H19NO2/c1-4-5-6-7-14-11(3)8-10(2)12(9-15)13(14)16/h8-9H,4-7H2,1-3H3. The molecular weight excluding hydrogens is 202 g/mol. The van der Waals surface area contributed by atoms with Crippen molar-refractivity contribution in [1.82, 2.24) is 4.57 Å². The van der Waals surface area contributed by atoms with Crippen molar-refractivity contribution < 1.29 is 4.79 Å². The molecular formula is C13H19NO2. The first-order chi connectivity index (χ1) is 7.61. The molecule has 1 heterocycles. The maximum Gasteiger partial charge on any atom is 0.261 e. The molecule has 0 unspecified atom stereocenters. The van der Waals surface area contributed by atoms with Crippen LogP contribution in [0.3, 0.4) is 0 Å². The maximum atomic E-state index is 12.0. The lowest BCUT2D eigenvalue weighted by Gasteiger charge is -2.11. The van der Waals surface area contributed by atoms with Crippen LogP contribution in [0, 0.1) is 13.8 Å². The van der Waals surface area contributed by atoms with Crippen molar-refractivity contribution in [2.24, 2.45) is 0 Å². The van der Waals surface area contributed by atoms with E-state index in [2.05, 4.69) is 6.92 Å². The van der Waals surface area contributed by atoms with E-state index in [-0.39, 0.29) is 5.56 Å². The first-order valence-electron chi connectivity index (χ1n) is 5.78. The first-order valence-corrected chi connectivity index (χ1v) is 5.78. The van der Waals surface area contributed by atoms with Gasteiger partial charge in [0.2, 0.25) is 0 Å². The lowest BCUT2D eigenvalue weighted by atomic mass is 10.1. The maximum absolute atomic E-state index is 12.0. The predicted molar refractivity (Wildman–Crippen MR) is 65.1 cm³/mol. The third-order valence-electron chi connectivity index (χ3n) is 2.85. The van der Waals surface area contributed by atoms with Gasteiger partial charge in [-0.2, -0.15) is 0 Å².